The van der Waals surface area contributed by atoms with E-state index in [1.807, 2.05) is 19.1 Å². The molecular formula is C11H13BrN2O. The standard InChI is InChI=1S/C11H13BrN2O/c1-8(7-15)6-14-11-4-10(12)3-2-9(11)5-13/h2-4,8,14-15H,6-7H2,1H3. The Kier molecular flexibility index (Phi) is 4.60. The zero-order valence-corrected chi connectivity index (χ0v) is 10.1. The first kappa shape index (κ1) is 12.0. The first-order valence-electron chi connectivity index (χ1n) is 4.71. The molecule has 1 rings (SSSR count). The van der Waals surface area contributed by atoms with Crippen LogP contribution in [0.5, 0.6) is 0 Å². The Bertz CT molecular complexity index is 373. The minimum absolute atomic E-state index is 0.142. The number of hydrogen-bond donors (Lipinski definition) is 2. The van der Waals surface area contributed by atoms with Crippen LogP contribution >= 0.6 is 15.9 Å². The van der Waals surface area contributed by atoms with E-state index in [4.69, 9.17) is 10.4 Å². The molecule has 1 aromatic carbocycles. The van der Waals surface area contributed by atoms with Gasteiger partial charge in [-0.3, -0.25) is 0 Å². The minimum Gasteiger partial charge on any atom is -0.396 e. The van der Waals surface area contributed by atoms with Crippen LogP contribution in [-0.2, 0) is 0 Å². The third-order valence-corrected chi connectivity index (χ3v) is 2.55. The van der Waals surface area contributed by atoms with E-state index in [0.717, 1.165) is 10.2 Å². The molecule has 0 heterocycles. The fourth-order valence-corrected chi connectivity index (χ4v) is 1.47. The molecule has 0 saturated carbocycles. The van der Waals surface area contributed by atoms with Gasteiger partial charge in [0.1, 0.15) is 6.07 Å². The molecule has 0 aliphatic rings. The fraction of sp³-hybridized carbons (Fsp3) is 0.364. The van der Waals surface area contributed by atoms with E-state index in [-0.39, 0.29) is 12.5 Å². The Morgan fingerprint density at radius 3 is 2.93 bits per heavy atom. The number of aliphatic hydroxyl groups excluding tert-OH is 1. The van der Waals surface area contributed by atoms with Gasteiger partial charge < -0.3 is 10.4 Å². The SMILES string of the molecule is CC(CO)CNc1cc(Br)ccc1C#N. The van der Waals surface area contributed by atoms with Crippen molar-refractivity contribution in [1.29, 1.82) is 5.26 Å². The quantitative estimate of drug-likeness (QED) is 0.882. The zero-order valence-electron chi connectivity index (χ0n) is 8.50. The molecule has 0 saturated heterocycles. The number of halogens is 1. The Morgan fingerprint density at radius 1 is 1.60 bits per heavy atom. The average molecular weight is 269 g/mol. The summed E-state index contributed by atoms with van der Waals surface area (Å²) < 4.78 is 0.931. The normalized spacial score (nSPS) is 11.9. The van der Waals surface area contributed by atoms with Crippen LogP contribution in [0.2, 0.25) is 0 Å². The van der Waals surface area contributed by atoms with Crippen molar-refractivity contribution in [1.82, 2.24) is 0 Å². The van der Waals surface area contributed by atoms with E-state index in [1.165, 1.54) is 0 Å². The van der Waals surface area contributed by atoms with E-state index < -0.39 is 0 Å². The van der Waals surface area contributed by atoms with Crippen LogP contribution < -0.4 is 5.32 Å². The summed E-state index contributed by atoms with van der Waals surface area (Å²) in [6, 6.07) is 7.57. The van der Waals surface area contributed by atoms with Crippen molar-refractivity contribution in [3.05, 3.63) is 28.2 Å². The van der Waals surface area contributed by atoms with Crippen LogP contribution in [0.1, 0.15) is 12.5 Å². The van der Waals surface area contributed by atoms with Gasteiger partial charge >= 0.3 is 0 Å². The maximum Gasteiger partial charge on any atom is 0.101 e. The lowest BCUT2D eigenvalue weighted by atomic mass is 10.1. The summed E-state index contributed by atoms with van der Waals surface area (Å²) in [7, 11) is 0. The highest BCUT2D eigenvalue weighted by molar-refractivity contribution is 9.10. The molecule has 0 spiro atoms. The topological polar surface area (TPSA) is 56.0 Å². The van der Waals surface area contributed by atoms with Gasteiger partial charge in [0.05, 0.1) is 11.3 Å². The largest absolute Gasteiger partial charge is 0.396 e. The highest BCUT2D eigenvalue weighted by Gasteiger charge is 2.04. The van der Waals surface area contributed by atoms with Crippen molar-refractivity contribution in [2.75, 3.05) is 18.5 Å². The van der Waals surface area contributed by atoms with Crippen molar-refractivity contribution in [3.8, 4) is 6.07 Å². The highest BCUT2D eigenvalue weighted by atomic mass is 79.9. The number of nitriles is 1. The number of anilines is 1. The summed E-state index contributed by atoms with van der Waals surface area (Å²) in [4.78, 5) is 0. The molecule has 1 atom stereocenters. The number of hydrogen-bond acceptors (Lipinski definition) is 3. The van der Waals surface area contributed by atoms with Gasteiger partial charge in [0.2, 0.25) is 0 Å². The van der Waals surface area contributed by atoms with Crippen molar-refractivity contribution >= 4 is 21.6 Å². The molecule has 0 fully saturated rings. The van der Waals surface area contributed by atoms with Gasteiger partial charge in [0, 0.05) is 17.6 Å². The van der Waals surface area contributed by atoms with Gasteiger partial charge in [-0.25, -0.2) is 0 Å². The molecular weight excluding hydrogens is 256 g/mol. The third kappa shape index (κ3) is 3.54. The first-order valence-corrected chi connectivity index (χ1v) is 5.51. The Labute approximate surface area is 97.9 Å². The van der Waals surface area contributed by atoms with Crippen molar-refractivity contribution in [2.24, 2.45) is 5.92 Å². The molecule has 0 bridgehead atoms. The Hall–Kier alpha value is -1.05. The van der Waals surface area contributed by atoms with Crippen LogP contribution in [0.25, 0.3) is 0 Å². The highest BCUT2D eigenvalue weighted by Crippen LogP contribution is 2.20. The lowest BCUT2D eigenvalue weighted by molar-refractivity contribution is 0.244. The average Bonchev–Trinajstić information content (AvgIpc) is 2.26. The molecule has 3 nitrogen and oxygen atoms in total. The monoisotopic (exact) mass is 268 g/mol. The predicted octanol–water partition coefficient (Wildman–Crippen LogP) is 2.36. The second kappa shape index (κ2) is 5.74. The molecule has 15 heavy (non-hydrogen) atoms. The fourth-order valence-electron chi connectivity index (χ4n) is 1.11. The molecule has 0 radical (unpaired) electrons. The summed E-state index contributed by atoms with van der Waals surface area (Å²) in [5.74, 6) is 0.176. The molecule has 0 amide bonds. The van der Waals surface area contributed by atoms with Crippen molar-refractivity contribution in [2.45, 2.75) is 6.92 Å². The van der Waals surface area contributed by atoms with E-state index >= 15 is 0 Å². The summed E-state index contributed by atoms with van der Waals surface area (Å²) in [6.45, 7) is 2.74. The van der Waals surface area contributed by atoms with Gasteiger partial charge in [-0.15, -0.1) is 0 Å². The molecule has 80 valence electrons. The second-order valence-corrected chi connectivity index (χ2v) is 4.39. The molecule has 1 unspecified atom stereocenters. The number of benzene rings is 1. The molecule has 0 aliphatic carbocycles. The van der Waals surface area contributed by atoms with E-state index in [9.17, 15) is 0 Å². The molecule has 0 aromatic heterocycles. The Balaban J connectivity index is 2.75. The Morgan fingerprint density at radius 2 is 2.33 bits per heavy atom. The number of aliphatic hydroxyl groups is 1. The molecule has 1 aromatic rings. The van der Waals surface area contributed by atoms with Crippen molar-refractivity contribution < 1.29 is 5.11 Å². The van der Waals surface area contributed by atoms with Crippen molar-refractivity contribution in [3.63, 3.8) is 0 Å². The van der Waals surface area contributed by atoms with Gasteiger partial charge in [-0.2, -0.15) is 5.26 Å². The third-order valence-electron chi connectivity index (χ3n) is 2.05. The number of nitrogens with one attached hydrogen (secondary N) is 1. The molecule has 0 aliphatic heterocycles. The predicted molar refractivity (Wildman–Crippen MR) is 63.6 cm³/mol. The number of nitrogens with zero attached hydrogens (tertiary/aromatic N) is 1. The summed E-state index contributed by atoms with van der Waals surface area (Å²) >= 11 is 3.35. The van der Waals surface area contributed by atoms with Crippen LogP contribution in [0.3, 0.4) is 0 Å². The smallest absolute Gasteiger partial charge is 0.101 e. The van der Waals surface area contributed by atoms with Gasteiger partial charge in [0.25, 0.3) is 0 Å². The van der Waals surface area contributed by atoms with Gasteiger partial charge in [-0.1, -0.05) is 22.9 Å². The zero-order chi connectivity index (χ0) is 11.3. The summed E-state index contributed by atoms with van der Waals surface area (Å²) in [5.41, 5.74) is 1.41. The van der Waals surface area contributed by atoms with Gasteiger partial charge in [-0.05, 0) is 24.1 Å². The lowest BCUT2D eigenvalue weighted by Crippen LogP contribution is -2.15. The minimum atomic E-state index is 0.142. The van der Waals surface area contributed by atoms with E-state index in [0.29, 0.717) is 12.1 Å². The number of rotatable bonds is 4. The molecule has 4 heteroatoms. The van der Waals surface area contributed by atoms with Crippen LogP contribution in [0, 0.1) is 17.2 Å². The van der Waals surface area contributed by atoms with E-state index in [2.05, 4.69) is 27.3 Å². The lowest BCUT2D eigenvalue weighted by Gasteiger charge is -2.12. The van der Waals surface area contributed by atoms with Crippen LogP contribution in [0.15, 0.2) is 22.7 Å². The summed E-state index contributed by atoms with van der Waals surface area (Å²) in [6.07, 6.45) is 0. The second-order valence-electron chi connectivity index (χ2n) is 3.47. The maximum absolute atomic E-state index is 8.88. The molecule has 2 N–H and O–H groups in total. The summed E-state index contributed by atoms with van der Waals surface area (Å²) in [5, 5.41) is 20.9. The van der Waals surface area contributed by atoms with E-state index in [1.54, 1.807) is 6.07 Å². The first-order chi connectivity index (χ1) is 7.17. The van der Waals surface area contributed by atoms with Gasteiger partial charge in [0.15, 0.2) is 0 Å². The van der Waals surface area contributed by atoms with Crippen LogP contribution in [0.4, 0.5) is 5.69 Å². The maximum atomic E-state index is 8.88. The van der Waals surface area contributed by atoms with Crippen LogP contribution in [-0.4, -0.2) is 18.3 Å².